The van der Waals surface area contributed by atoms with Crippen molar-refractivity contribution in [2.45, 2.75) is 56.7 Å². The Labute approximate surface area is 169 Å². The molecule has 1 saturated carbocycles. The summed E-state index contributed by atoms with van der Waals surface area (Å²) in [4.78, 5) is 25.4. The highest BCUT2D eigenvalue weighted by Crippen LogP contribution is 2.41. The zero-order chi connectivity index (χ0) is 19.5. The number of benzene rings is 1. The molecule has 150 valence electrons. The van der Waals surface area contributed by atoms with E-state index >= 15 is 0 Å². The number of aromatic amines is 1. The number of carbonyl (C=O) groups is 1. The molecule has 1 aromatic heterocycles. The summed E-state index contributed by atoms with van der Waals surface area (Å²) in [6.07, 6.45) is 6.86. The highest BCUT2D eigenvalue weighted by molar-refractivity contribution is 8.00. The van der Waals surface area contributed by atoms with Crippen molar-refractivity contribution in [1.82, 2.24) is 9.78 Å². The van der Waals surface area contributed by atoms with Gasteiger partial charge in [-0.2, -0.15) is 0 Å². The molecule has 2 N–H and O–H groups in total. The van der Waals surface area contributed by atoms with Gasteiger partial charge < -0.3 is 10.1 Å². The number of thioether (sulfide) groups is 1. The predicted molar refractivity (Wildman–Crippen MR) is 112 cm³/mol. The van der Waals surface area contributed by atoms with Crippen molar-refractivity contribution in [3.8, 4) is 5.75 Å². The summed E-state index contributed by atoms with van der Waals surface area (Å²) in [5.41, 5.74) is 1.56. The molecule has 1 aliphatic heterocycles. The van der Waals surface area contributed by atoms with Gasteiger partial charge in [0.25, 0.3) is 5.56 Å². The fourth-order valence-corrected chi connectivity index (χ4v) is 5.33. The quantitative estimate of drug-likeness (QED) is 0.751. The molecule has 7 heteroatoms. The third kappa shape index (κ3) is 3.85. The molecule has 1 fully saturated rings. The van der Waals surface area contributed by atoms with Gasteiger partial charge in [-0.3, -0.25) is 19.4 Å². The number of rotatable bonds is 4. The number of nitrogens with one attached hydrogen (secondary N) is 2. The second-order valence-corrected chi connectivity index (χ2v) is 8.55. The van der Waals surface area contributed by atoms with Gasteiger partial charge in [-0.15, -0.1) is 11.8 Å². The van der Waals surface area contributed by atoms with E-state index < -0.39 is 0 Å². The second kappa shape index (κ2) is 8.47. The van der Waals surface area contributed by atoms with Gasteiger partial charge in [0.1, 0.15) is 11.6 Å². The molecule has 1 aliphatic carbocycles. The topological polar surface area (TPSA) is 76.1 Å². The van der Waals surface area contributed by atoms with Gasteiger partial charge in [-0.05, 0) is 37.5 Å². The van der Waals surface area contributed by atoms with Crippen LogP contribution in [0.25, 0.3) is 0 Å². The number of amides is 1. The zero-order valence-corrected chi connectivity index (χ0v) is 17.0. The Bertz CT molecular complexity index is 879. The van der Waals surface area contributed by atoms with E-state index in [1.807, 2.05) is 35.9 Å². The molecular weight excluding hydrogens is 374 g/mol. The average Bonchev–Trinajstić information content (AvgIpc) is 2.91. The maximum atomic E-state index is 13.0. The van der Waals surface area contributed by atoms with Crippen molar-refractivity contribution in [2.75, 3.05) is 17.7 Å². The number of carbonyl (C=O) groups excluding carboxylic acids is 1. The van der Waals surface area contributed by atoms with Crippen LogP contribution in [-0.2, 0) is 4.79 Å². The summed E-state index contributed by atoms with van der Waals surface area (Å²) < 4.78 is 7.47. The van der Waals surface area contributed by atoms with Crippen LogP contribution < -0.4 is 15.6 Å². The predicted octanol–water partition coefficient (Wildman–Crippen LogP) is 4.25. The van der Waals surface area contributed by atoms with Crippen LogP contribution in [-0.4, -0.2) is 28.0 Å². The molecule has 0 saturated heterocycles. The summed E-state index contributed by atoms with van der Waals surface area (Å²) in [5.74, 6) is 1.74. The number of H-pyrrole nitrogens is 1. The van der Waals surface area contributed by atoms with E-state index in [-0.39, 0.29) is 22.8 Å². The van der Waals surface area contributed by atoms with Gasteiger partial charge in [-0.25, -0.2) is 0 Å². The lowest BCUT2D eigenvalue weighted by molar-refractivity contribution is -0.113. The van der Waals surface area contributed by atoms with Crippen molar-refractivity contribution >= 4 is 23.5 Å². The van der Waals surface area contributed by atoms with Crippen LogP contribution in [0.5, 0.6) is 5.75 Å². The molecule has 2 aliphatic rings. The van der Waals surface area contributed by atoms with E-state index in [0.717, 1.165) is 37.0 Å². The molecule has 6 nitrogen and oxygen atoms in total. The third-order valence-electron chi connectivity index (χ3n) is 5.55. The lowest BCUT2D eigenvalue weighted by atomic mass is 10.1. The summed E-state index contributed by atoms with van der Waals surface area (Å²) in [7, 11) is 0. The Morgan fingerprint density at radius 3 is 2.50 bits per heavy atom. The van der Waals surface area contributed by atoms with Gasteiger partial charge in [0.05, 0.1) is 29.2 Å². The summed E-state index contributed by atoms with van der Waals surface area (Å²) in [6, 6.07) is 8.07. The van der Waals surface area contributed by atoms with Gasteiger partial charge in [0, 0.05) is 0 Å². The fraction of sp³-hybridized carbons (Fsp3) is 0.524. The highest BCUT2D eigenvalue weighted by Gasteiger charge is 2.32. The number of hydrogen-bond donors (Lipinski definition) is 2. The van der Waals surface area contributed by atoms with Crippen molar-refractivity contribution in [1.29, 1.82) is 0 Å². The highest BCUT2D eigenvalue weighted by atomic mass is 32.2. The Balaban J connectivity index is 1.73. The summed E-state index contributed by atoms with van der Waals surface area (Å²) in [6.45, 7) is 2.57. The van der Waals surface area contributed by atoms with Gasteiger partial charge in [0.2, 0.25) is 5.91 Å². The first-order valence-corrected chi connectivity index (χ1v) is 11.2. The van der Waals surface area contributed by atoms with Crippen molar-refractivity contribution in [3.05, 3.63) is 45.7 Å². The van der Waals surface area contributed by atoms with Crippen molar-refractivity contribution in [3.63, 3.8) is 0 Å². The largest absolute Gasteiger partial charge is 0.494 e. The average molecular weight is 402 g/mol. The minimum absolute atomic E-state index is 0.0546. The van der Waals surface area contributed by atoms with Crippen LogP contribution in [0.4, 0.5) is 5.82 Å². The van der Waals surface area contributed by atoms with E-state index in [1.54, 1.807) is 0 Å². The van der Waals surface area contributed by atoms with E-state index in [0.29, 0.717) is 23.7 Å². The van der Waals surface area contributed by atoms with Crippen molar-refractivity contribution in [2.24, 2.45) is 0 Å². The first-order valence-electron chi connectivity index (χ1n) is 10.2. The standard InChI is InChI=1S/C21H27N3O3S/c1-2-27-16-11-9-14(10-12-16)19-18-20(22-17(25)13-28-19)24(23-21(18)26)15-7-5-3-4-6-8-15/h9-12,15,19H,2-8,13H2,1H3,(H,22,25)(H,23,26)/t19-/m1/s1. The molecule has 2 aromatic rings. The Hall–Kier alpha value is -2.15. The van der Waals surface area contributed by atoms with E-state index in [4.69, 9.17) is 4.74 Å². The van der Waals surface area contributed by atoms with Crippen LogP contribution in [0.2, 0.25) is 0 Å². The normalized spacial score (nSPS) is 20.8. The Morgan fingerprint density at radius 2 is 1.82 bits per heavy atom. The van der Waals surface area contributed by atoms with Crippen LogP contribution in [0, 0.1) is 0 Å². The molecule has 0 bridgehead atoms. The molecule has 0 radical (unpaired) electrons. The monoisotopic (exact) mass is 401 g/mol. The number of nitrogens with zero attached hydrogens (tertiary/aromatic N) is 1. The number of aromatic nitrogens is 2. The Morgan fingerprint density at radius 1 is 1.11 bits per heavy atom. The maximum absolute atomic E-state index is 13.0. The van der Waals surface area contributed by atoms with Crippen LogP contribution in [0.1, 0.15) is 67.9 Å². The molecule has 28 heavy (non-hydrogen) atoms. The zero-order valence-electron chi connectivity index (χ0n) is 16.2. The SMILES string of the molecule is CCOc1ccc([C@H]2SCC(=O)Nc3c2c(=O)[nH]n3C2CCCCCC2)cc1. The number of hydrogen-bond acceptors (Lipinski definition) is 4. The fourth-order valence-electron chi connectivity index (χ4n) is 4.20. The first kappa shape index (κ1) is 19.2. The van der Waals surface area contributed by atoms with Gasteiger partial charge >= 0.3 is 0 Å². The van der Waals surface area contributed by atoms with Gasteiger partial charge in [-0.1, -0.05) is 37.8 Å². The summed E-state index contributed by atoms with van der Waals surface area (Å²) >= 11 is 1.50. The first-order chi connectivity index (χ1) is 13.7. The number of fused-ring (bicyclic) bond motifs is 1. The molecule has 1 amide bonds. The second-order valence-electron chi connectivity index (χ2n) is 7.46. The molecule has 2 heterocycles. The summed E-state index contributed by atoms with van der Waals surface area (Å²) in [5, 5.41) is 5.87. The number of ether oxygens (including phenoxy) is 1. The van der Waals surface area contributed by atoms with Crippen LogP contribution in [0.15, 0.2) is 29.1 Å². The van der Waals surface area contributed by atoms with E-state index in [2.05, 4.69) is 10.4 Å². The van der Waals surface area contributed by atoms with Crippen LogP contribution in [0.3, 0.4) is 0 Å². The molecule has 1 aromatic carbocycles. The lowest BCUT2D eigenvalue weighted by Gasteiger charge is -2.19. The van der Waals surface area contributed by atoms with Crippen LogP contribution >= 0.6 is 11.8 Å². The molecule has 1 atom stereocenters. The van der Waals surface area contributed by atoms with Crippen molar-refractivity contribution < 1.29 is 9.53 Å². The minimum atomic E-state index is -0.180. The third-order valence-corrected chi connectivity index (χ3v) is 6.82. The molecule has 4 rings (SSSR count). The minimum Gasteiger partial charge on any atom is -0.494 e. The lowest BCUT2D eigenvalue weighted by Crippen LogP contribution is -2.19. The molecular formula is C21H27N3O3S. The van der Waals surface area contributed by atoms with E-state index in [9.17, 15) is 9.59 Å². The smallest absolute Gasteiger partial charge is 0.270 e. The molecule has 0 spiro atoms. The Kier molecular flexibility index (Phi) is 5.80. The molecule has 0 unspecified atom stereocenters. The number of anilines is 1. The van der Waals surface area contributed by atoms with Gasteiger partial charge in [0.15, 0.2) is 0 Å². The van der Waals surface area contributed by atoms with E-state index in [1.165, 1.54) is 24.6 Å². The maximum Gasteiger partial charge on any atom is 0.270 e.